The molecule has 0 aliphatic carbocycles. The zero-order chi connectivity index (χ0) is 14.9. The van der Waals surface area contributed by atoms with Gasteiger partial charge in [0, 0.05) is 26.2 Å². The largest absolute Gasteiger partial charge is 0.327 e. The summed E-state index contributed by atoms with van der Waals surface area (Å²) < 4.78 is 17.4. The molecule has 20 heavy (non-hydrogen) atoms. The van der Waals surface area contributed by atoms with Crippen LogP contribution in [0.4, 0.5) is 0 Å². The van der Waals surface area contributed by atoms with Gasteiger partial charge in [0.05, 0.1) is 32.8 Å². The molecule has 0 amide bonds. The first-order chi connectivity index (χ1) is 8.81. The van der Waals surface area contributed by atoms with Gasteiger partial charge < -0.3 is 14.2 Å². The van der Waals surface area contributed by atoms with Gasteiger partial charge in [-0.15, -0.1) is 0 Å². The van der Waals surface area contributed by atoms with Crippen molar-refractivity contribution in [2.45, 2.75) is 53.9 Å². The Kier molecular flexibility index (Phi) is 14.1. The first kappa shape index (κ1) is 23.0. The summed E-state index contributed by atoms with van der Waals surface area (Å²) in [5.41, 5.74) is 0. The van der Waals surface area contributed by atoms with Crippen LogP contribution in [-0.2, 0) is 45.5 Å². The number of hydrogen-bond donors (Lipinski definition) is 0. The zero-order valence-electron chi connectivity index (χ0n) is 13.9. The number of ether oxygens (including phenoxy) is 3. The third kappa shape index (κ3) is 11.4. The van der Waals surface area contributed by atoms with Gasteiger partial charge in [-0.25, -0.2) is 5.11 Å². The maximum absolute atomic E-state index is 11.0. The Balaban J connectivity index is 0. The molecule has 0 bridgehead atoms. The average Bonchev–Trinajstić information content (AvgIpc) is 2.31. The molecule has 0 aromatic rings. The topological polar surface area (TPSA) is 47.6 Å². The molecule has 0 aliphatic heterocycles. The van der Waals surface area contributed by atoms with Crippen molar-refractivity contribution in [2.75, 3.05) is 26.4 Å². The van der Waals surface area contributed by atoms with Crippen LogP contribution in [0.15, 0.2) is 0 Å². The predicted octanol–water partition coefficient (Wildman–Crippen LogP) is 3.48. The van der Waals surface area contributed by atoms with Gasteiger partial charge in [-0.2, -0.15) is 0 Å². The molecule has 0 saturated heterocycles. The molecule has 0 rings (SSSR count). The summed E-state index contributed by atoms with van der Waals surface area (Å²) in [5.74, 6) is -0.0513. The van der Waals surface area contributed by atoms with Crippen LogP contribution in [0.5, 0.6) is 0 Å². The van der Waals surface area contributed by atoms with Gasteiger partial charge in [0.25, 0.3) is 5.97 Å². The van der Waals surface area contributed by atoms with Gasteiger partial charge in [-0.3, -0.25) is 0 Å². The molecular weight excluding hydrogens is 335 g/mol. The van der Waals surface area contributed by atoms with Crippen LogP contribution in [0.2, 0.25) is 0 Å². The van der Waals surface area contributed by atoms with Crippen molar-refractivity contribution >= 4 is 0 Å². The molecule has 0 fully saturated rings. The van der Waals surface area contributed by atoms with E-state index in [4.69, 9.17) is 14.2 Å². The number of hydrogen-bond acceptors (Lipinski definition) is 3. The summed E-state index contributed by atoms with van der Waals surface area (Å²) >= 11 is 0. The Bertz CT molecular complexity index is 189. The van der Waals surface area contributed by atoms with Crippen molar-refractivity contribution in [1.29, 1.82) is 0 Å². The van der Waals surface area contributed by atoms with E-state index in [0.29, 0.717) is 37.6 Å². The fourth-order valence-electron chi connectivity index (χ4n) is 1.35. The van der Waals surface area contributed by atoms with Gasteiger partial charge in [0.15, 0.2) is 0 Å². The maximum Gasteiger partial charge on any atom is 0.285 e. The normalized spacial score (nSPS) is 12.3. The van der Waals surface area contributed by atoms with Crippen LogP contribution >= 0.6 is 0 Å². The summed E-state index contributed by atoms with van der Waals surface area (Å²) in [6, 6.07) is 0. The summed E-state index contributed by atoms with van der Waals surface area (Å²) in [4.78, 5) is 0. The molecule has 0 atom stereocenters. The van der Waals surface area contributed by atoms with E-state index in [-0.39, 0.29) is 39.2 Å². The molecular formula is C15H31O4Zr. The van der Waals surface area contributed by atoms with E-state index < -0.39 is 5.97 Å². The van der Waals surface area contributed by atoms with Crippen molar-refractivity contribution in [3.63, 3.8) is 0 Å². The summed E-state index contributed by atoms with van der Waals surface area (Å²) in [5, 5.41) is 11.0. The minimum Gasteiger partial charge on any atom is -0.327 e. The maximum atomic E-state index is 11.0. The number of rotatable bonds is 11. The van der Waals surface area contributed by atoms with Crippen molar-refractivity contribution in [1.82, 2.24) is 0 Å². The minimum absolute atomic E-state index is 0. The molecule has 5 heteroatoms. The van der Waals surface area contributed by atoms with Gasteiger partial charge >= 0.3 is 0 Å². The molecule has 0 spiro atoms. The molecule has 1 radical (unpaired) electrons. The van der Waals surface area contributed by atoms with Crippen LogP contribution in [-0.4, -0.2) is 32.4 Å². The van der Waals surface area contributed by atoms with E-state index in [1.807, 2.05) is 0 Å². The van der Waals surface area contributed by atoms with E-state index >= 15 is 0 Å². The van der Waals surface area contributed by atoms with E-state index in [9.17, 15) is 5.11 Å². The quantitative estimate of drug-likeness (QED) is 0.526. The second-order valence-electron chi connectivity index (χ2n) is 6.25. The molecule has 0 N–H and O–H groups in total. The average molecular weight is 367 g/mol. The summed E-state index contributed by atoms with van der Waals surface area (Å²) in [6.07, 6.45) is 0.221. The van der Waals surface area contributed by atoms with Gasteiger partial charge in [0.1, 0.15) is 0 Å². The summed E-state index contributed by atoms with van der Waals surface area (Å²) in [6.45, 7) is 13.7. The molecule has 0 aromatic carbocycles. The van der Waals surface area contributed by atoms with E-state index in [1.165, 1.54) is 0 Å². The summed E-state index contributed by atoms with van der Waals surface area (Å²) in [7, 11) is 0. The molecule has 0 aliphatic rings. The fourth-order valence-corrected chi connectivity index (χ4v) is 1.35. The predicted molar refractivity (Wildman–Crippen MR) is 75.3 cm³/mol. The second kappa shape index (κ2) is 12.3. The SMILES string of the molecule is CC(C)COC(CC[O])(OCC(C)C)OCC(C)C.[Zr]. The van der Waals surface area contributed by atoms with Crippen molar-refractivity contribution < 1.29 is 45.5 Å². The molecule has 4 nitrogen and oxygen atoms in total. The van der Waals surface area contributed by atoms with E-state index in [2.05, 4.69) is 41.5 Å². The third-order valence-corrected chi connectivity index (χ3v) is 2.32. The van der Waals surface area contributed by atoms with Gasteiger partial charge in [-0.1, -0.05) is 41.5 Å². The third-order valence-electron chi connectivity index (χ3n) is 2.32. The Morgan fingerprint density at radius 2 is 1.05 bits per heavy atom. The first-order valence-corrected chi connectivity index (χ1v) is 7.31. The molecule has 0 aromatic heterocycles. The standard InChI is InChI=1S/C15H31O4.Zr/c1-12(2)9-17-15(7-8-16,18-10-13(3)4)19-11-14(5)6;/h12-14H,7-11H2,1-6H3;. The zero-order valence-corrected chi connectivity index (χ0v) is 16.4. The second-order valence-corrected chi connectivity index (χ2v) is 6.25. The van der Waals surface area contributed by atoms with Crippen molar-refractivity contribution in [2.24, 2.45) is 17.8 Å². The molecule has 0 saturated carbocycles. The van der Waals surface area contributed by atoms with Gasteiger partial charge in [-0.05, 0) is 17.8 Å². The monoisotopic (exact) mass is 365 g/mol. The smallest absolute Gasteiger partial charge is 0.285 e. The Labute approximate surface area is 143 Å². The van der Waals surface area contributed by atoms with Crippen LogP contribution in [0, 0.1) is 17.8 Å². The van der Waals surface area contributed by atoms with Crippen molar-refractivity contribution in [3.8, 4) is 0 Å². The molecule has 0 unspecified atom stereocenters. The first-order valence-electron chi connectivity index (χ1n) is 7.31. The van der Waals surface area contributed by atoms with E-state index in [0.717, 1.165) is 0 Å². The van der Waals surface area contributed by atoms with Gasteiger partial charge in [0.2, 0.25) is 0 Å². The molecule has 0 heterocycles. The van der Waals surface area contributed by atoms with Crippen LogP contribution < -0.4 is 0 Å². The van der Waals surface area contributed by atoms with Crippen LogP contribution in [0.3, 0.4) is 0 Å². The van der Waals surface area contributed by atoms with Crippen LogP contribution in [0.25, 0.3) is 0 Å². The fraction of sp³-hybridized carbons (Fsp3) is 1.00. The Morgan fingerprint density at radius 1 is 0.750 bits per heavy atom. The molecule has 119 valence electrons. The van der Waals surface area contributed by atoms with Crippen LogP contribution in [0.1, 0.15) is 48.0 Å². The Morgan fingerprint density at radius 3 is 1.25 bits per heavy atom. The van der Waals surface area contributed by atoms with Crippen molar-refractivity contribution in [3.05, 3.63) is 0 Å². The van der Waals surface area contributed by atoms with E-state index in [1.54, 1.807) is 0 Å². The minimum atomic E-state index is -1.17. The Hall–Kier alpha value is 0.723.